The number of benzene rings is 3. The molecule has 2 N–H and O–H groups in total. The zero-order valence-electron chi connectivity index (χ0n) is 29.4. The summed E-state index contributed by atoms with van der Waals surface area (Å²) in [4.78, 5) is 17.9. The molecule has 5 aromatic rings. The molecule has 3 heterocycles. The lowest BCUT2D eigenvalue weighted by atomic mass is 10.2. The van der Waals surface area contributed by atoms with Gasteiger partial charge < -0.3 is 24.6 Å². The first kappa shape index (κ1) is 36.2. The lowest BCUT2D eigenvalue weighted by Gasteiger charge is -2.36. The van der Waals surface area contributed by atoms with Crippen molar-refractivity contribution in [3.63, 3.8) is 0 Å². The van der Waals surface area contributed by atoms with Crippen molar-refractivity contribution < 1.29 is 17.9 Å². The molecule has 0 unspecified atom stereocenters. The lowest BCUT2D eigenvalue weighted by Crippen LogP contribution is -2.48. The first-order valence-electron chi connectivity index (χ1n) is 16.8. The summed E-state index contributed by atoms with van der Waals surface area (Å²) in [5.74, 6) is 2.84. The summed E-state index contributed by atoms with van der Waals surface area (Å²) in [6.07, 6.45) is 0. The second-order valence-electron chi connectivity index (χ2n) is 12.5. The summed E-state index contributed by atoms with van der Waals surface area (Å²) < 4.78 is 37.7. The maximum Gasteiger partial charge on any atom is 0.204 e. The molecule has 0 saturated carbocycles. The van der Waals surface area contributed by atoms with Gasteiger partial charge in [-0.1, -0.05) is 42.5 Å². The highest BCUT2D eigenvalue weighted by Crippen LogP contribution is 2.38. The molecule has 3 aromatic carbocycles. The normalized spacial score (nSPS) is 13.8. The number of ether oxygens (including phenoxy) is 2. The molecule has 6 rings (SSSR count). The Hall–Kier alpha value is -4.63. The molecule has 1 saturated heterocycles. The largest absolute Gasteiger partial charge is 0.497 e. The van der Waals surface area contributed by atoms with Gasteiger partial charge in [-0.2, -0.15) is 5.10 Å². The molecule has 0 radical (unpaired) electrons. The van der Waals surface area contributed by atoms with Gasteiger partial charge in [-0.25, -0.2) is 18.4 Å². The van der Waals surface area contributed by atoms with Crippen LogP contribution >= 0.6 is 11.8 Å². The number of H-pyrrole nitrogens is 1. The van der Waals surface area contributed by atoms with Crippen molar-refractivity contribution in [1.29, 1.82) is 0 Å². The maximum absolute atomic E-state index is 13.2. The highest BCUT2D eigenvalue weighted by molar-refractivity contribution is 7.99. The van der Waals surface area contributed by atoms with E-state index in [-0.39, 0.29) is 10.6 Å². The zero-order chi connectivity index (χ0) is 35.8. The van der Waals surface area contributed by atoms with Crippen molar-refractivity contribution in [3.05, 3.63) is 102 Å². The molecule has 1 fully saturated rings. The Morgan fingerprint density at radius 1 is 0.902 bits per heavy atom. The van der Waals surface area contributed by atoms with E-state index in [2.05, 4.69) is 61.5 Å². The maximum atomic E-state index is 13.2. The van der Waals surface area contributed by atoms with Crippen LogP contribution in [0.3, 0.4) is 0 Å². The number of aromatic nitrogens is 4. The fraction of sp³-hybridized carbons (Fsp3) is 0.324. The second-order valence-corrected chi connectivity index (χ2v) is 15.5. The smallest absolute Gasteiger partial charge is 0.204 e. The SMILES string of the molecule is COc1cccc(CS(=O)(=O)c2ccc(Sc3nc(Nc4cc(C)[nH]n4)c(OC)c(N4CCN(CCN(C)Cc5ccccc5)CC4)n3)cc2)c1. The molecule has 14 heteroatoms. The molecular formula is C37H44N8O4S2. The van der Waals surface area contributed by atoms with E-state index in [1.807, 2.05) is 19.1 Å². The number of sulfone groups is 1. The van der Waals surface area contributed by atoms with Crippen molar-refractivity contribution in [2.24, 2.45) is 0 Å². The number of hydrogen-bond donors (Lipinski definition) is 2. The first-order valence-corrected chi connectivity index (χ1v) is 19.2. The van der Waals surface area contributed by atoms with Gasteiger partial charge in [-0.15, -0.1) is 0 Å². The fourth-order valence-corrected chi connectivity index (χ4v) is 8.00. The first-order chi connectivity index (χ1) is 24.7. The van der Waals surface area contributed by atoms with E-state index in [0.29, 0.717) is 39.7 Å². The third-order valence-electron chi connectivity index (χ3n) is 8.63. The number of methoxy groups -OCH3 is 2. The molecule has 1 aliphatic rings. The quantitative estimate of drug-likeness (QED) is 0.129. The van der Waals surface area contributed by atoms with Crippen LogP contribution in [0.2, 0.25) is 0 Å². The standard InChI is InChI=1S/C37H44N8O4S2/c1-27-23-33(42-41-27)38-35-34(49-4)36(45-21-19-44(20-22-45)18-17-43(2)25-28-9-6-5-7-10-28)40-37(39-35)50-31-13-15-32(16-14-31)51(46,47)26-29-11-8-12-30(24-29)48-3/h5-16,23-24H,17-22,25-26H2,1-4H3,(H2,38,39,40,41,42). The molecule has 12 nitrogen and oxygen atoms in total. The van der Waals surface area contributed by atoms with Crippen molar-refractivity contribution in [3.8, 4) is 11.5 Å². The van der Waals surface area contributed by atoms with Crippen molar-refractivity contribution in [2.45, 2.75) is 34.2 Å². The second kappa shape index (κ2) is 16.6. The Labute approximate surface area is 304 Å². The third kappa shape index (κ3) is 9.58. The minimum Gasteiger partial charge on any atom is -0.497 e. The van der Waals surface area contributed by atoms with Gasteiger partial charge >= 0.3 is 0 Å². The monoisotopic (exact) mass is 728 g/mol. The Morgan fingerprint density at radius 3 is 2.33 bits per heavy atom. The van der Waals surface area contributed by atoms with Gasteiger partial charge in [0.1, 0.15) is 5.75 Å². The van der Waals surface area contributed by atoms with Gasteiger partial charge in [-0.05, 0) is 73.3 Å². The van der Waals surface area contributed by atoms with Gasteiger partial charge in [0.05, 0.1) is 24.9 Å². The third-order valence-corrected chi connectivity index (χ3v) is 11.2. The van der Waals surface area contributed by atoms with Gasteiger partial charge in [0.2, 0.25) is 5.75 Å². The number of rotatable bonds is 15. The molecule has 0 amide bonds. The van der Waals surface area contributed by atoms with Crippen LogP contribution in [0.25, 0.3) is 0 Å². The summed E-state index contributed by atoms with van der Waals surface area (Å²) >= 11 is 1.36. The Balaban J connectivity index is 1.17. The van der Waals surface area contributed by atoms with E-state index in [0.717, 1.165) is 56.4 Å². The molecule has 1 aliphatic heterocycles. The number of aryl methyl sites for hydroxylation is 1. The van der Waals surface area contributed by atoms with Crippen LogP contribution in [0, 0.1) is 6.92 Å². The molecule has 268 valence electrons. The van der Waals surface area contributed by atoms with Gasteiger partial charge in [-0.3, -0.25) is 10.00 Å². The van der Waals surface area contributed by atoms with Gasteiger partial charge in [0, 0.05) is 62.5 Å². The number of nitrogens with one attached hydrogen (secondary N) is 2. The topological polar surface area (TPSA) is 129 Å². The fourth-order valence-electron chi connectivity index (χ4n) is 5.91. The van der Waals surface area contributed by atoms with E-state index in [1.54, 1.807) is 62.8 Å². The van der Waals surface area contributed by atoms with E-state index in [9.17, 15) is 8.42 Å². The summed E-state index contributed by atoms with van der Waals surface area (Å²) in [7, 11) is 1.78. The van der Waals surface area contributed by atoms with E-state index in [1.165, 1.54) is 17.3 Å². The van der Waals surface area contributed by atoms with E-state index < -0.39 is 9.84 Å². The molecule has 0 aliphatic carbocycles. The van der Waals surface area contributed by atoms with Crippen molar-refractivity contribution in [2.75, 3.05) is 70.8 Å². The highest BCUT2D eigenvalue weighted by Gasteiger charge is 2.26. The summed E-state index contributed by atoms with van der Waals surface area (Å²) in [6, 6.07) is 26.4. The van der Waals surface area contributed by atoms with Gasteiger partial charge in [0.25, 0.3) is 0 Å². The number of piperazine rings is 1. The number of nitrogens with zero attached hydrogens (tertiary/aromatic N) is 6. The minimum absolute atomic E-state index is 0.124. The van der Waals surface area contributed by atoms with Crippen molar-refractivity contribution in [1.82, 2.24) is 30.0 Å². The van der Waals surface area contributed by atoms with Crippen LogP contribution < -0.4 is 19.7 Å². The highest BCUT2D eigenvalue weighted by atomic mass is 32.2. The number of aromatic amines is 1. The molecule has 2 aromatic heterocycles. The predicted octanol–water partition coefficient (Wildman–Crippen LogP) is 5.65. The van der Waals surface area contributed by atoms with Gasteiger partial charge in [0.15, 0.2) is 32.4 Å². The predicted molar refractivity (Wildman–Crippen MR) is 201 cm³/mol. The average molecular weight is 729 g/mol. The lowest BCUT2D eigenvalue weighted by molar-refractivity contribution is 0.211. The van der Waals surface area contributed by atoms with Crippen LogP contribution in [0.1, 0.15) is 16.8 Å². The Kier molecular flexibility index (Phi) is 11.8. The van der Waals surface area contributed by atoms with Crippen LogP contribution in [0.4, 0.5) is 17.5 Å². The molecule has 0 spiro atoms. The van der Waals surface area contributed by atoms with E-state index >= 15 is 0 Å². The Morgan fingerprint density at radius 2 is 1.65 bits per heavy atom. The van der Waals surface area contributed by atoms with Crippen LogP contribution in [-0.4, -0.2) is 98.9 Å². The number of anilines is 3. The molecule has 51 heavy (non-hydrogen) atoms. The summed E-state index contributed by atoms with van der Waals surface area (Å²) in [6.45, 7) is 8.15. The summed E-state index contributed by atoms with van der Waals surface area (Å²) in [5, 5.41) is 11.1. The average Bonchev–Trinajstić information content (AvgIpc) is 3.55. The Bertz CT molecular complexity index is 2000. The summed E-state index contributed by atoms with van der Waals surface area (Å²) in [5.41, 5.74) is 2.89. The van der Waals surface area contributed by atoms with Crippen LogP contribution in [-0.2, 0) is 22.1 Å². The minimum atomic E-state index is -3.57. The van der Waals surface area contributed by atoms with Crippen LogP contribution in [0.5, 0.6) is 11.5 Å². The zero-order valence-corrected chi connectivity index (χ0v) is 31.0. The number of likely N-dealkylation sites (N-methyl/N-ethyl adjacent to an activating group) is 1. The van der Waals surface area contributed by atoms with Crippen LogP contribution in [0.15, 0.2) is 99.9 Å². The molecule has 0 bridgehead atoms. The molecular weight excluding hydrogens is 685 g/mol. The number of hydrogen-bond acceptors (Lipinski definition) is 12. The molecule has 0 atom stereocenters. The van der Waals surface area contributed by atoms with E-state index in [4.69, 9.17) is 19.4 Å². The van der Waals surface area contributed by atoms with Crippen molar-refractivity contribution >= 4 is 39.1 Å².